The summed E-state index contributed by atoms with van der Waals surface area (Å²) in [5.74, 6) is 0.818. The molecule has 2 N–H and O–H groups in total. The Labute approximate surface area is 171 Å². The second-order valence-electron chi connectivity index (χ2n) is 9.35. The number of hydrogen-bond donors (Lipinski definition) is 2. The summed E-state index contributed by atoms with van der Waals surface area (Å²) in [7, 11) is 0. The first-order valence-electron chi connectivity index (χ1n) is 9.85. The molecule has 10 nitrogen and oxygen atoms in total. The van der Waals surface area contributed by atoms with Crippen molar-refractivity contribution in [2.45, 2.75) is 65.5 Å². The number of nitrogens with zero attached hydrogens (tertiary/aromatic N) is 4. The Morgan fingerprint density at radius 3 is 2.41 bits per heavy atom. The topological polar surface area (TPSA) is 123 Å². The second kappa shape index (κ2) is 8.79. The number of rotatable bonds is 5. The van der Waals surface area contributed by atoms with E-state index < -0.39 is 10.5 Å². The van der Waals surface area contributed by atoms with Crippen LogP contribution >= 0.6 is 0 Å². The summed E-state index contributed by atoms with van der Waals surface area (Å²) >= 11 is 0. The van der Waals surface area contributed by atoms with Crippen molar-refractivity contribution < 1.29 is 14.5 Å². The number of carbonyl (C=O) groups is 1. The average Bonchev–Trinajstić information content (AvgIpc) is 2.57. The van der Waals surface area contributed by atoms with Crippen LogP contribution in [0.1, 0.15) is 54.4 Å². The summed E-state index contributed by atoms with van der Waals surface area (Å²) in [4.78, 5) is 33.0. The standard InChI is InChI=1S/C19H32N6O4/c1-18(2,3)23-16-21-12-14(25(27)28)15(22-16)20-11-13-7-9-24(10-8-13)17(26)29-19(4,5)6/h12-13H,7-11H2,1-6H3,(H2,20,21,22,23). The molecule has 1 amide bonds. The zero-order valence-corrected chi connectivity index (χ0v) is 18.1. The molecule has 0 unspecified atom stereocenters. The minimum absolute atomic E-state index is 0.157. The molecule has 1 aromatic heterocycles. The number of carbonyl (C=O) groups excluding carboxylic acids is 1. The summed E-state index contributed by atoms with van der Waals surface area (Å²) in [5.41, 5.74) is -0.932. The quantitative estimate of drug-likeness (QED) is 0.559. The summed E-state index contributed by atoms with van der Waals surface area (Å²) in [5, 5.41) is 17.5. The number of piperidine rings is 1. The van der Waals surface area contributed by atoms with E-state index in [2.05, 4.69) is 20.6 Å². The van der Waals surface area contributed by atoms with Gasteiger partial charge in [-0.25, -0.2) is 9.78 Å². The third kappa shape index (κ3) is 7.35. The van der Waals surface area contributed by atoms with Crippen molar-refractivity contribution in [2.24, 2.45) is 5.92 Å². The van der Waals surface area contributed by atoms with Gasteiger partial charge in [-0.3, -0.25) is 10.1 Å². The van der Waals surface area contributed by atoms with E-state index in [0.717, 1.165) is 12.8 Å². The van der Waals surface area contributed by atoms with Crippen LogP contribution in [-0.4, -0.2) is 56.7 Å². The normalized spacial score (nSPS) is 15.7. The van der Waals surface area contributed by atoms with Gasteiger partial charge < -0.3 is 20.3 Å². The molecular formula is C19H32N6O4. The number of ether oxygens (including phenoxy) is 1. The molecule has 29 heavy (non-hydrogen) atoms. The number of aromatic nitrogens is 2. The molecule has 1 aliphatic rings. The Hall–Kier alpha value is -2.65. The zero-order valence-electron chi connectivity index (χ0n) is 18.1. The number of amides is 1. The van der Waals surface area contributed by atoms with Crippen molar-refractivity contribution >= 4 is 23.5 Å². The minimum Gasteiger partial charge on any atom is -0.444 e. The van der Waals surface area contributed by atoms with Gasteiger partial charge in [0.25, 0.3) is 0 Å². The van der Waals surface area contributed by atoms with Crippen LogP contribution in [0.4, 0.5) is 22.2 Å². The Morgan fingerprint density at radius 2 is 1.90 bits per heavy atom. The number of likely N-dealkylation sites (tertiary alicyclic amines) is 1. The molecule has 1 aliphatic heterocycles. The molecule has 0 saturated carbocycles. The summed E-state index contributed by atoms with van der Waals surface area (Å²) in [6.07, 6.45) is 2.50. The maximum Gasteiger partial charge on any atom is 0.410 e. The molecule has 2 heterocycles. The van der Waals surface area contributed by atoms with Gasteiger partial charge in [0.1, 0.15) is 11.8 Å². The second-order valence-corrected chi connectivity index (χ2v) is 9.35. The van der Waals surface area contributed by atoms with E-state index >= 15 is 0 Å². The van der Waals surface area contributed by atoms with E-state index in [4.69, 9.17) is 4.74 Å². The van der Waals surface area contributed by atoms with E-state index in [1.54, 1.807) is 4.90 Å². The van der Waals surface area contributed by atoms with Crippen LogP contribution in [0.15, 0.2) is 6.20 Å². The van der Waals surface area contributed by atoms with Crippen molar-refractivity contribution in [1.29, 1.82) is 0 Å². The van der Waals surface area contributed by atoms with Crippen LogP contribution in [0, 0.1) is 16.0 Å². The smallest absolute Gasteiger partial charge is 0.410 e. The Morgan fingerprint density at radius 1 is 1.28 bits per heavy atom. The molecule has 0 radical (unpaired) electrons. The molecule has 0 aromatic carbocycles. The Kier molecular flexibility index (Phi) is 6.86. The first-order valence-corrected chi connectivity index (χ1v) is 9.85. The van der Waals surface area contributed by atoms with E-state index in [0.29, 0.717) is 25.6 Å². The van der Waals surface area contributed by atoms with Gasteiger partial charge >= 0.3 is 11.8 Å². The molecule has 0 atom stereocenters. The van der Waals surface area contributed by atoms with Gasteiger partial charge in [0.2, 0.25) is 11.8 Å². The monoisotopic (exact) mass is 408 g/mol. The van der Waals surface area contributed by atoms with Crippen LogP contribution in [0.25, 0.3) is 0 Å². The predicted molar refractivity (Wildman–Crippen MR) is 111 cm³/mol. The zero-order chi connectivity index (χ0) is 21.8. The highest BCUT2D eigenvalue weighted by Gasteiger charge is 2.27. The lowest BCUT2D eigenvalue weighted by Crippen LogP contribution is -2.42. The van der Waals surface area contributed by atoms with Crippen molar-refractivity contribution in [3.63, 3.8) is 0 Å². The molecule has 0 bridgehead atoms. The molecule has 0 aliphatic carbocycles. The highest BCUT2D eigenvalue weighted by molar-refractivity contribution is 5.68. The highest BCUT2D eigenvalue weighted by Crippen LogP contribution is 2.25. The van der Waals surface area contributed by atoms with Crippen molar-refractivity contribution in [3.05, 3.63) is 16.3 Å². The summed E-state index contributed by atoms with van der Waals surface area (Å²) in [6.45, 7) is 13.2. The first-order chi connectivity index (χ1) is 13.3. The summed E-state index contributed by atoms with van der Waals surface area (Å²) in [6, 6.07) is 0. The van der Waals surface area contributed by atoms with E-state index in [-0.39, 0.29) is 29.1 Å². The Balaban J connectivity index is 1.95. The van der Waals surface area contributed by atoms with Crippen LogP contribution in [0.3, 0.4) is 0 Å². The fraction of sp³-hybridized carbons (Fsp3) is 0.737. The lowest BCUT2D eigenvalue weighted by Gasteiger charge is -2.33. The van der Waals surface area contributed by atoms with Crippen LogP contribution in [0.5, 0.6) is 0 Å². The number of hydrogen-bond acceptors (Lipinski definition) is 8. The molecule has 2 rings (SSSR count). The average molecular weight is 409 g/mol. The van der Waals surface area contributed by atoms with E-state index in [9.17, 15) is 14.9 Å². The maximum absolute atomic E-state index is 12.2. The fourth-order valence-electron chi connectivity index (χ4n) is 2.92. The van der Waals surface area contributed by atoms with Crippen LogP contribution < -0.4 is 10.6 Å². The van der Waals surface area contributed by atoms with Gasteiger partial charge in [0.05, 0.1) is 4.92 Å². The third-order valence-corrected chi connectivity index (χ3v) is 4.28. The van der Waals surface area contributed by atoms with Gasteiger partial charge in [-0.15, -0.1) is 0 Å². The molecule has 0 spiro atoms. The molecular weight excluding hydrogens is 376 g/mol. The lowest BCUT2D eigenvalue weighted by atomic mass is 9.97. The Bertz CT molecular complexity index is 733. The number of nitro groups is 1. The first kappa shape index (κ1) is 22.6. The van der Waals surface area contributed by atoms with E-state index in [1.807, 2.05) is 41.5 Å². The highest BCUT2D eigenvalue weighted by atomic mass is 16.6. The third-order valence-electron chi connectivity index (χ3n) is 4.28. The molecule has 162 valence electrons. The van der Waals surface area contributed by atoms with Crippen molar-refractivity contribution in [3.8, 4) is 0 Å². The predicted octanol–water partition coefficient (Wildman–Crippen LogP) is 3.65. The van der Waals surface area contributed by atoms with Gasteiger partial charge in [0.15, 0.2) is 0 Å². The van der Waals surface area contributed by atoms with Crippen LogP contribution in [-0.2, 0) is 4.74 Å². The molecule has 1 fully saturated rings. The minimum atomic E-state index is -0.514. The van der Waals surface area contributed by atoms with Gasteiger partial charge in [-0.2, -0.15) is 4.98 Å². The maximum atomic E-state index is 12.2. The molecule has 1 saturated heterocycles. The van der Waals surface area contributed by atoms with E-state index in [1.165, 1.54) is 6.20 Å². The molecule has 1 aromatic rings. The van der Waals surface area contributed by atoms with Crippen LogP contribution in [0.2, 0.25) is 0 Å². The largest absolute Gasteiger partial charge is 0.444 e. The van der Waals surface area contributed by atoms with Gasteiger partial charge in [0, 0.05) is 25.2 Å². The van der Waals surface area contributed by atoms with Crippen molar-refractivity contribution in [2.75, 3.05) is 30.3 Å². The van der Waals surface area contributed by atoms with Gasteiger partial charge in [-0.1, -0.05) is 0 Å². The fourth-order valence-corrected chi connectivity index (χ4v) is 2.92. The number of nitrogens with one attached hydrogen (secondary N) is 2. The SMILES string of the molecule is CC(C)(C)Nc1ncc([N+](=O)[O-])c(NCC2CCN(C(=O)OC(C)(C)C)CC2)n1. The number of anilines is 2. The van der Waals surface area contributed by atoms with Crippen molar-refractivity contribution in [1.82, 2.24) is 14.9 Å². The van der Waals surface area contributed by atoms with Gasteiger partial charge in [-0.05, 0) is 60.3 Å². The lowest BCUT2D eigenvalue weighted by molar-refractivity contribution is -0.384. The molecule has 10 heteroatoms. The summed E-state index contributed by atoms with van der Waals surface area (Å²) < 4.78 is 5.41.